The molecular weight excluding hydrogens is 446 g/mol. The van der Waals surface area contributed by atoms with E-state index in [4.69, 9.17) is 4.52 Å². The van der Waals surface area contributed by atoms with E-state index in [0.29, 0.717) is 35.3 Å². The molecule has 4 aromatic rings. The van der Waals surface area contributed by atoms with Crippen LogP contribution in [-0.2, 0) is 10.4 Å². The van der Waals surface area contributed by atoms with E-state index in [1.807, 2.05) is 38.1 Å². The SMILES string of the molecule is Cc1cccnc1[C@H](C)Nc1nccc(-c2cccc(-c3cc([C@]4(O)CCN(C)C4=O)on3)n2)n1. The Morgan fingerprint density at radius 1 is 1.06 bits per heavy atom. The maximum atomic E-state index is 12.4. The normalized spacial score (nSPS) is 18.6. The lowest BCUT2D eigenvalue weighted by Crippen LogP contribution is -2.35. The van der Waals surface area contributed by atoms with E-state index < -0.39 is 11.5 Å². The molecule has 10 heteroatoms. The van der Waals surface area contributed by atoms with E-state index in [0.717, 1.165) is 11.3 Å². The van der Waals surface area contributed by atoms with E-state index in [2.05, 4.69) is 30.4 Å². The molecule has 2 atom stereocenters. The lowest BCUT2D eigenvalue weighted by molar-refractivity contribution is -0.144. The number of hydrogen-bond donors (Lipinski definition) is 2. The van der Waals surface area contributed by atoms with Gasteiger partial charge in [-0.05, 0) is 43.7 Å². The van der Waals surface area contributed by atoms with Crippen LogP contribution in [0.5, 0.6) is 0 Å². The first-order valence-electron chi connectivity index (χ1n) is 11.3. The Hall–Kier alpha value is -4.18. The molecule has 5 rings (SSSR count). The number of likely N-dealkylation sites (tertiary alicyclic amines) is 1. The van der Waals surface area contributed by atoms with E-state index in [1.165, 1.54) is 4.90 Å². The minimum absolute atomic E-state index is 0.0811. The Balaban J connectivity index is 1.39. The van der Waals surface area contributed by atoms with Gasteiger partial charge in [0.05, 0.1) is 28.8 Å². The highest BCUT2D eigenvalue weighted by molar-refractivity contribution is 5.87. The molecule has 1 saturated heterocycles. The summed E-state index contributed by atoms with van der Waals surface area (Å²) in [6, 6.07) is 12.6. The molecule has 2 N–H and O–H groups in total. The zero-order valence-electron chi connectivity index (χ0n) is 19.6. The van der Waals surface area contributed by atoms with Crippen LogP contribution in [0.4, 0.5) is 5.95 Å². The third-order valence-electron chi connectivity index (χ3n) is 6.16. The first kappa shape index (κ1) is 22.6. The standard InChI is InChI=1S/C25H25N7O3/c1-15-6-5-11-26-22(15)16(2)28-24-27-12-9-19(30-24)17-7-4-8-18(29-17)20-14-21(35-31-20)25(34)10-13-32(3)23(25)33/h4-9,11-12,14,16,34H,10,13H2,1-3H3,(H,27,28,30)/t16-,25+/m0/s1. The minimum Gasteiger partial charge on any atom is -0.373 e. The summed E-state index contributed by atoms with van der Waals surface area (Å²) in [5, 5.41) is 18.2. The second-order valence-corrected chi connectivity index (χ2v) is 8.66. The fourth-order valence-corrected chi connectivity index (χ4v) is 4.18. The van der Waals surface area contributed by atoms with Gasteiger partial charge in [-0.3, -0.25) is 9.78 Å². The summed E-state index contributed by atoms with van der Waals surface area (Å²) in [5.74, 6) is 0.168. The molecule has 0 aromatic carbocycles. The van der Waals surface area contributed by atoms with Crippen LogP contribution in [0.3, 0.4) is 0 Å². The molecule has 4 aromatic heterocycles. The average Bonchev–Trinajstić information content (AvgIpc) is 3.47. The van der Waals surface area contributed by atoms with Crippen molar-refractivity contribution in [2.75, 3.05) is 18.9 Å². The monoisotopic (exact) mass is 471 g/mol. The lowest BCUT2D eigenvalue weighted by atomic mass is 9.98. The molecule has 1 amide bonds. The van der Waals surface area contributed by atoms with Crippen molar-refractivity contribution in [3.8, 4) is 22.8 Å². The molecule has 0 bridgehead atoms. The van der Waals surface area contributed by atoms with Crippen molar-refractivity contribution in [3.05, 3.63) is 71.9 Å². The number of nitrogens with one attached hydrogen (secondary N) is 1. The number of aryl methyl sites for hydroxylation is 1. The molecule has 0 spiro atoms. The number of aromatic nitrogens is 5. The number of pyridine rings is 2. The van der Waals surface area contributed by atoms with Crippen LogP contribution in [0.25, 0.3) is 22.8 Å². The number of likely N-dealkylation sites (N-methyl/N-ethyl adjacent to an activating group) is 1. The number of nitrogens with zero attached hydrogens (tertiary/aromatic N) is 6. The molecule has 0 saturated carbocycles. The molecule has 1 aliphatic rings. The Morgan fingerprint density at radius 2 is 1.83 bits per heavy atom. The van der Waals surface area contributed by atoms with Crippen LogP contribution in [0.1, 0.15) is 36.4 Å². The van der Waals surface area contributed by atoms with Crippen molar-refractivity contribution in [1.29, 1.82) is 0 Å². The summed E-state index contributed by atoms with van der Waals surface area (Å²) in [6.45, 7) is 4.47. The fourth-order valence-electron chi connectivity index (χ4n) is 4.18. The van der Waals surface area contributed by atoms with Gasteiger partial charge in [-0.2, -0.15) is 0 Å². The molecule has 1 fully saturated rings. The molecule has 5 heterocycles. The average molecular weight is 472 g/mol. The smallest absolute Gasteiger partial charge is 0.262 e. The van der Waals surface area contributed by atoms with Crippen LogP contribution in [0.2, 0.25) is 0 Å². The van der Waals surface area contributed by atoms with Gasteiger partial charge in [0, 0.05) is 38.5 Å². The molecule has 0 radical (unpaired) electrons. The third kappa shape index (κ3) is 4.24. The Bertz CT molecular complexity index is 1390. The maximum absolute atomic E-state index is 12.4. The second kappa shape index (κ2) is 8.88. The number of hydrogen-bond acceptors (Lipinski definition) is 9. The number of aliphatic hydroxyl groups is 1. The first-order chi connectivity index (χ1) is 16.8. The summed E-state index contributed by atoms with van der Waals surface area (Å²) >= 11 is 0. The molecular formula is C25H25N7O3. The highest BCUT2D eigenvalue weighted by atomic mass is 16.5. The Morgan fingerprint density at radius 3 is 2.57 bits per heavy atom. The largest absolute Gasteiger partial charge is 0.373 e. The van der Waals surface area contributed by atoms with Gasteiger partial charge < -0.3 is 19.8 Å². The minimum atomic E-state index is -1.70. The zero-order valence-corrected chi connectivity index (χ0v) is 19.6. The van der Waals surface area contributed by atoms with Gasteiger partial charge in [-0.1, -0.05) is 17.3 Å². The number of carbonyl (C=O) groups excluding carboxylic acids is 1. The van der Waals surface area contributed by atoms with Crippen molar-refractivity contribution >= 4 is 11.9 Å². The van der Waals surface area contributed by atoms with Crippen LogP contribution >= 0.6 is 0 Å². The lowest BCUT2D eigenvalue weighted by Gasteiger charge is -2.16. The molecule has 10 nitrogen and oxygen atoms in total. The van der Waals surface area contributed by atoms with E-state index in [-0.39, 0.29) is 18.2 Å². The highest BCUT2D eigenvalue weighted by Gasteiger charge is 2.48. The molecule has 178 valence electrons. The molecule has 0 unspecified atom stereocenters. The highest BCUT2D eigenvalue weighted by Crippen LogP contribution is 2.34. The van der Waals surface area contributed by atoms with Gasteiger partial charge in [0.15, 0.2) is 5.76 Å². The number of carbonyl (C=O) groups is 1. The third-order valence-corrected chi connectivity index (χ3v) is 6.16. The summed E-state index contributed by atoms with van der Waals surface area (Å²) < 4.78 is 5.36. The summed E-state index contributed by atoms with van der Waals surface area (Å²) in [5.41, 5.74) is 2.51. The molecule has 35 heavy (non-hydrogen) atoms. The topological polar surface area (TPSA) is 130 Å². The van der Waals surface area contributed by atoms with Crippen molar-refractivity contribution in [2.24, 2.45) is 0 Å². The van der Waals surface area contributed by atoms with E-state index in [1.54, 1.807) is 37.6 Å². The van der Waals surface area contributed by atoms with Gasteiger partial charge in [-0.25, -0.2) is 15.0 Å². The van der Waals surface area contributed by atoms with Crippen molar-refractivity contribution in [1.82, 2.24) is 30.0 Å². The van der Waals surface area contributed by atoms with E-state index >= 15 is 0 Å². The van der Waals surface area contributed by atoms with Gasteiger partial charge >= 0.3 is 0 Å². The van der Waals surface area contributed by atoms with Crippen LogP contribution in [-0.4, -0.2) is 54.6 Å². The van der Waals surface area contributed by atoms with Crippen molar-refractivity contribution in [3.63, 3.8) is 0 Å². The Kier molecular flexibility index (Phi) is 5.73. The zero-order chi connectivity index (χ0) is 24.6. The number of rotatable bonds is 6. The van der Waals surface area contributed by atoms with Gasteiger partial charge in [0.25, 0.3) is 5.91 Å². The second-order valence-electron chi connectivity index (χ2n) is 8.66. The number of amides is 1. The summed E-state index contributed by atoms with van der Waals surface area (Å²) in [4.78, 5) is 31.9. The molecule has 1 aliphatic heterocycles. The van der Waals surface area contributed by atoms with E-state index in [9.17, 15) is 9.90 Å². The van der Waals surface area contributed by atoms with Crippen LogP contribution in [0.15, 0.2) is 59.4 Å². The maximum Gasteiger partial charge on any atom is 0.262 e. The predicted molar refractivity (Wildman–Crippen MR) is 128 cm³/mol. The van der Waals surface area contributed by atoms with Crippen LogP contribution < -0.4 is 5.32 Å². The van der Waals surface area contributed by atoms with Gasteiger partial charge in [-0.15, -0.1) is 0 Å². The van der Waals surface area contributed by atoms with Crippen LogP contribution in [0, 0.1) is 6.92 Å². The van der Waals surface area contributed by atoms with Gasteiger partial charge in [0.2, 0.25) is 11.5 Å². The fraction of sp³-hybridized carbons (Fsp3) is 0.280. The number of anilines is 1. The quantitative estimate of drug-likeness (QED) is 0.435. The Labute approximate surface area is 202 Å². The summed E-state index contributed by atoms with van der Waals surface area (Å²) in [7, 11) is 1.64. The summed E-state index contributed by atoms with van der Waals surface area (Å²) in [6.07, 6.45) is 3.68. The first-order valence-corrected chi connectivity index (χ1v) is 11.3. The van der Waals surface area contributed by atoms with Gasteiger partial charge in [0.1, 0.15) is 5.69 Å². The molecule has 0 aliphatic carbocycles. The predicted octanol–water partition coefficient (Wildman–Crippen LogP) is 3.12. The van der Waals surface area contributed by atoms with Crippen molar-refractivity contribution in [2.45, 2.75) is 31.9 Å². The van der Waals surface area contributed by atoms with Crippen molar-refractivity contribution < 1.29 is 14.4 Å².